The van der Waals surface area contributed by atoms with Crippen LogP contribution in [0.4, 0.5) is 0 Å². The SMILES string of the molecule is C=CC(=O)CC[C@@H](NC(=O)[C@@H](CC(=O)NC)Cc1nc2ccc(C(C)C)cc2s1)C1CCOCC1. The van der Waals surface area contributed by atoms with Gasteiger partial charge in [-0.3, -0.25) is 14.4 Å². The zero-order chi connectivity index (χ0) is 25.4. The lowest BCUT2D eigenvalue weighted by atomic mass is 9.87. The first-order valence-corrected chi connectivity index (χ1v) is 13.3. The minimum absolute atomic E-state index is 0.0338. The largest absolute Gasteiger partial charge is 0.381 e. The number of benzene rings is 1. The number of allylic oxidation sites excluding steroid dienone is 1. The van der Waals surface area contributed by atoms with Gasteiger partial charge in [0.25, 0.3) is 0 Å². The van der Waals surface area contributed by atoms with Crippen molar-refractivity contribution in [1.29, 1.82) is 0 Å². The Morgan fingerprint density at radius 3 is 2.66 bits per heavy atom. The van der Waals surface area contributed by atoms with Gasteiger partial charge >= 0.3 is 0 Å². The summed E-state index contributed by atoms with van der Waals surface area (Å²) in [4.78, 5) is 42.4. The van der Waals surface area contributed by atoms with Gasteiger partial charge in [-0.2, -0.15) is 0 Å². The van der Waals surface area contributed by atoms with Gasteiger partial charge in [0.15, 0.2) is 5.78 Å². The minimum atomic E-state index is -0.544. The van der Waals surface area contributed by atoms with Crippen LogP contribution in [0.2, 0.25) is 0 Å². The molecule has 1 aliphatic rings. The summed E-state index contributed by atoms with van der Waals surface area (Å²) in [6.07, 6.45) is 4.36. The van der Waals surface area contributed by atoms with E-state index in [9.17, 15) is 14.4 Å². The molecule has 0 saturated carbocycles. The van der Waals surface area contributed by atoms with Crippen molar-refractivity contribution in [3.05, 3.63) is 41.4 Å². The molecule has 1 aliphatic heterocycles. The van der Waals surface area contributed by atoms with Crippen molar-refractivity contribution in [2.24, 2.45) is 11.8 Å². The fourth-order valence-electron chi connectivity index (χ4n) is 4.47. The minimum Gasteiger partial charge on any atom is -0.381 e. The van der Waals surface area contributed by atoms with Crippen LogP contribution in [-0.2, 0) is 25.5 Å². The topological polar surface area (TPSA) is 97.4 Å². The maximum Gasteiger partial charge on any atom is 0.224 e. The van der Waals surface area contributed by atoms with Crippen LogP contribution in [0.3, 0.4) is 0 Å². The van der Waals surface area contributed by atoms with Crippen LogP contribution in [0.25, 0.3) is 10.2 Å². The first-order valence-electron chi connectivity index (χ1n) is 12.4. The number of carbonyl (C=O) groups is 3. The summed E-state index contributed by atoms with van der Waals surface area (Å²) >= 11 is 1.58. The number of fused-ring (bicyclic) bond motifs is 1. The molecule has 0 bridgehead atoms. The van der Waals surface area contributed by atoms with Crippen molar-refractivity contribution in [1.82, 2.24) is 15.6 Å². The Kier molecular flexibility index (Phi) is 9.98. The lowest BCUT2D eigenvalue weighted by Crippen LogP contribution is -2.46. The normalized spacial score (nSPS) is 16.1. The number of ether oxygens (including phenoxy) is 1. The average molecular weight is 500 g/mol. The van der Waals surface area contributed by atoms with E-state index in [1.165, 1.54) is 11.6 Å². The van der Waals surface area contributed by atoms with Gasteiger partial charge in [-0.15, -0.1) is 11.3 Å². The number of nitrogens with one attached hydrogen (secondary N) is 2. The highest BCUT2D eigenvalue weighted by molar-refractivity contribution is 7.18. The molecule has 1 aromatic heterocycles. The van der Waals surface area contributed by atoms with Gasteiger partial charge in [0, 0.05) is 45.6 Å². The third kappa shape index (κ3) is 7.70. The van der Waals surface area contributed by atoms with Crippen molar-refractivity contribution < 1.29 is 19.1 Å². The molecule has 1 saturated heterocycles. The molecule has 190 valence electrons. The van der Waals surface area contributed by atoms with E-state index in [0.717, 1.165) is 28.1 Å². The molecular weight excluding hydrogens is 462 g/mol. The Morgan fingerprint density at radius 2 is 2.00 bits per heavy atom. The molecular formula is C27H37N3O4S. The maximum absolute atomic E-state index is 13.5. The Morgan fingerprint density at radius 1 is 1.26 bits per heavy atom. The first-order chi connectivity index (χ1) is 16.8. The molecule has 0 unspecified atom stereocenters. The van der Waals surface area contributed by atoms with Crippen molar-refractivity contribution in [2.45, 2.75) is 64.3 Å². The Balaban J connectivity index is 1.78. The predicted octanol–water partition coefficient (Wildman–Crippen LogP) is 4.16. The molecule has 35 heavy (non-hydrogen) atoms. The number of amides is 2. The van der Waals surface area contributed by atoms with Crippen LogP contribution in [0.5, 0.6) is 0 Å². The number of thiazole rings is 1. The third-order valence-electron chi connectivity index (χ3n) is 6.72. The van der Waals surface area contributed by atoms with E-state index < -0.39 is 5.92 Å². The van der Waals surface area contributed by atoms with Gasteiger partial charge in [-0.25, -0.2) is 4.98 Å². The quantitative estimate of drug-likeness (QED) is 0.428. The molecule has 2 atom stereocenters. The number of carbonyl (C=O) groups excluding carboxylic acids is 3. The number of ketones is 1. The molecule has 2 aromatic rings. The highest BCUT2D eigenvalue weighted by Crippen LogP contribution is 2.29. The predicted molar refractivity (Wildman–Crippen MR) is 139 cm³/mol. The summed E-state index contributed by atoms with van der Waals surface area (Å²) in [7, 11) is 1.58. The number of aromatic nitrogens is 1. The zero-order valence-electron chi connectivity index (χ0n) is 21.0. The number of rotatable bonds is 12. The number of hydrogen-bond acceptors (Lipinski definition) is 6. The standard InChI is InChI=1S/C27H37N3O4S/c1-5-21(31)7-9-22(18-10-12-34-13-11-18)30-27(33)20(15-25(32)28-4)16-26-29-23-8-6-19(17(2)3)14-24(23)35-26/h5-6,8,14,17-18,20,22H,1,7,9-13,15-16H2,2-4H3,(H,28,32)(H,30,33)/t20-,22+/m0/s1. The van der Waals surface area contributed by atoms with Crippen LogP contribution >= 0.6 is 11.3 Å². The maximum atomic E-state index is 13.5. The molecule has 2 N–H and O–H groups in total. The van der Waals surface area contributed by atoms with Crippen LogP contribution in [0.1, 0.15) is 62.4 Å². The fraction of sp³-hybridized carbons (Fsp3) is 0.556. The summed E-state index contributed by atoms with van der Waals surface area (Å²) in [6, 6.07) is 6.13. The summed E-state index contributed by atoms with van der Waals surface area (Å²) in [5.74, 6) is -0.267. The second-order valence-electron chi connectivity index (χ2n) is 9.54. The second-order valence-corrected chi connectivity index (χ2v) is 10.7. The molecule has 0 aliphatic carbocycles. The van der Waals surface area contributed by atoms with Gasteiger partial charge in [0.1, 0.15) is 0 Å². The average Bonchev–Trinajstić information content (AvgIpc) is 3.27. The Bertz CT molecular complexity index is 1040. The van der Waals surface area contributed by atoms with Gasteiger partial charge in [0.2, 0.25) is 11.8 Å². The Hall–Kier alpha value is -2.58. The molecule has 3 rings (SSSR count). The van der Waals surface area contributed by atoms with Gasteiger partial charge < -0.3 is 15.4 Å². The summed E-state index contributed by atoms with van der Waals surface area (Å²) in [6.45, 7) is 9.17. The Labute approximate surface area is 211 Å². The molecule has 0 spiro atoms. The lowest BCUT2D eigenvalue weighted by molar-refractivity contribution is -0.131. The smallest absolute Gasteiger partial charge is 0.224 e. The number of hydrogen-bond donors (Lipinski definition) is 2. The van der Waals surface area contributed by atoms with Crippen LogP contribution in [-0.4, -0.2) is 48.9 Å². The van der Waals surface area contributed by atoms with Gasteiger partial charge in [0.05, 0.1) is 21.1 Å². The molecule has 8 heteroatoms. The highest BCUT2D eigenvalue weighted by Gasteiger charge is 2.30. The van der Waals surface area contributed by atoms with E-state index in [0.29, 0.717) is 38.4 Å². The van der Waals surface area contributed by atoms with E-state index in [2.05, 4.69) is 43.2 Å². The molecule has 1 aromatic carbocycles. The van der Waals surface area contributed by atoms with Crippen molar-refractivity contribution in [3.8, 4) is 0 Å². The fourth-order valence-corrected chi connectivity index (χ4v) is 5.57. The second kappa shape index (κ2) is 12.9. The summed E-state index contributed by atoms with van der Waals surface area (Å²) < 4.78 is 6.58. The molecule has 7 nitrogen and oxygen atoms in total. The highest BCUT2D eigenvalue weighted by atomic mass is 32.1. The monoisotopic (exact) mass is 499 g/mol. The van der Waals surface area contributed by atoms with Gasteiger partial charge in [-0.1, -0.05) is 26.5 Å². The van der Waals surface area contributed by atoms with Gasteiger partial charge in [-0.05, 0) is 54.9 Å². The zero-order valence-corrected chi connectivity index (χ0v) is 21.8. The van der Waals surface area contributed by atoms with Crippen LogP contribution in [0, 0.1) is 11.8 Å². The van der Waals surface area contributed by atoms with E-state index in [1.807, 2.05) is 6.07 Å². The summed E-state index contributed by atoms with van der Waals surface area (Å²) in [5, 5.41) is 6.67. The lowest BCUT2D eigenvalue weighted by Gasteiger charge is -2.32. The molecule has 0 radical (unpaired) electrons. The van der Waals surface area contributed by atoms with E-state index in [-0.39, 0.29) is 36.0 Å². The van der Waals surface area contributed by atoms with Crippen LogP contribution < -0.4 is 10.6 Å². The number of nitrogens with zero attached hydrogens (tertiary/aromatic N) is 1. The van der Waals surface area contributed by atoms with E-state index in [4.69, 9.17) is 9.72 Å². The third-order valence-corrected chi connectivity index (χ3v) is 7.76. The molecule has 2 amide bonds. The van der Waals surface area contributed by atoms with Crippen LogP contribution in [0.15, 0.2) is 30.9 Å². The summed E-state index contributed by atoms with van der Waals surface area (Å²) in [5.41, 5.74) is 2.16. The van der Waals surface area contributed by atoms with E-state index >= 15 is 0 Å². The van der Waals surface area contributed by atoms with Crippen molar-refractivity contribution >= 4 is 39.2 Å². The van der Waals surface area contributed by atoms with E-state index in [1.54, 1.807) is 18.4 Å². The van der Waals surface area contributed by atoms with Crippen molar-refractivity contribution in [2.75, 3.05) is 20.3 Å². The molecule has 2 heterocycles. The first kappa shape index (κ1) is 27.0. The molecule has 1 fully saturated rings. The van der Waals surface area contributed by atoms with Crippen molar-refractivity contribution in [3.63, 3.8) is 0 Å².